The molecule has 0 saturated heterocycles. The zero-order valence-corrected chi connectivity index (χ0v) is 31.7. The summed E-state index contributed by atoms with van der Waals surface area (Å²) in [6.45, 7) is 0. The summed E-state index contributed by atoms with van der Waals surface area (Å²) < 4.78 is 8.59. The van der Waals surface area contributed by atoms with E-state index < -0.39 is 0 Å². The maximum absolute atomic E-state index is 6.22. The van der Waals surface area contributed by atoms with Crippen molar-refractivity contribution in [3.05, 3.63) is 211 Å². The van der Waals surface area contributed by atoms with Gasteiger partial charge in [-0.25, -0.2) is 0 Å². The lowest BCUT2D eigenvalue weighted by atomic mass is 9.84. The number of rotatable bonds is 7. The van der Waals surface area contributed by atoms with Gasteiger partial charge in [-0.1, -0.05) is 146 Å². The van der Waals surface area contributed by atoms with Crippen molar-refractivity contribution in [2.24, 2.45) is 0 Å². The summed E-state index contributed by atoms with van der Waals surface area (Å²) in [5.41, 5.74) is 15.0. The SMILES string of the molecule is C1=C(c2ccc(-n3c4ccccc4c4ccccc43)cc2)C(c2ccccc2-c2ccc(-c3nnc(-c4ccc(-c5ccc6ccccc6c5)cc4)o3)cc2)=CCC1. The Kier molecular flexibility index (Phi) is 8.25. The summed E-state index contributed by atoms with van der Waals surface area (Å²) in [5, 5.41) is 13.9. The summed E-state index contributed by atoms with van der Waals surface area (Å²) in [5.74, 6) is 0.999. The minimum absolute atomic E-state index is 0.498. The van der Waals surface area contributed by atoms with E-state index in [1.807, 2.05) is 12.1 Å². The van der Waals surface area contributed by atoms with Crippen LogP contribution in [0, 0.1) is 0 Å². The van der Waals surface area contributed by atoms with Crippen LogP contribution >= 0.6 is 0 Å². The third-order valence-corrected chi connectivity index (χ3v) is 11.5. The Labute approximate surface area is 336 Å². The van der Waals surface area contributed by atoms with Crippen molar-refractivity contribution in [2.45, 2.75) is 12.8 Å². The van der Waals surface area contributed by atoms with Crippen LogP contribution in [0.5, 0.6) is 0 Å². The van der Waals surface area contributed by atoms with Gasteiger partial charge >= 0.3 is 0 Å². The molecule has 10 aromatic rings. The van der Waals surface area contributed by atoms with Gasteiger partial charge in [-0.05, 0) is 123 Å². The van der Waals surface area contributed by atoms with Crippen molar-refractivity contribution in [3.63, 3.8) is 0 Å². The number of allylic oxidation sites excluding steroid dienone is 4. The molecule has 0 fully saturated rings. The average Bonchev–Trinajstić information content (AvgIpc) is 3.93. The van der Waals surface area contributed by atoms with E-state index in [0.29, 0.717) is 11.8 Å². The lowest BCUT2D eigenvalue weighted by Gasteiger charge is -2.20. The number of hydrogen-bond acceptors (Lipinski definition) is 3. The van der Waals surface area contributed by atoms with Crippen LogP contribution < -0.4 is 0 Å². The first-order valence-electron chi connectivity index (χ1n) is 19.9. The molecule has 0 aliphatic heterocycles. The van der Waals surface area contributed by atoms with Crippen molar-refractivity contribution >= 4 is 43.7 Å². The van der Waals surface area contributed by atoms with Crippen LogP contribution in [0.1, 0.15) is 24.0 Å². The molecule has 0 saturated carbocycles. The van der Waals surface area contributed by atoms with Crippen LogP contribution in [0.15, 0.2) is 205 Å². The number of fused-ring (bicyclic) bond motifs is 4. The fraction of sp³-hybridized carbons (Fsp3) is 0.0370. The van der Waals surface area contributed by atoms with Crippen molar-refractivity contribution < 1.29 is 4.42 Å². The van der Waals surface area contributed by atoms with Crippen molar-refractivity contribution in [1.82, 2.24) is 14.8 Å². The van der Waals surface area contributed by atoms with Gasteiger partial charge in [0.05, 0.1) is 11.0 Å². The normalized spacial score (nSPS) is 12.9. The van der Waals surface area contributed by atoms with Gasteiger partial charge in [0.15, 0.2) is 0 Å². The molecule has 0 amide bonds. The van der Waals surface area contributed by atoms with Gasteiger partial charge in [0.2, 0.25) is 11.8 Å². The van der Waals surface area contributed by atoms with Crippen molar-refractivity contribution in [3.8, 4) is 50.8 Å². The average molecular weight is 744 g/mol. The molecule has 0 atom stereocenters. The Morgan fingerprint density at radius 1 is 0.379 bits per heavy atom. The van der Waals surface area contributed by atoms with Crippen LogP contribution in [0.3, 0.4) is 0 Å². The van der Waals surface area contributed by atoms with Gasteiger partial charge in [0, 0.05) is 27.6 Å². The highest BCUT2D eigenvalue weighted by Gasteiger charge is 2.19. The predicted octanol–water partition coefficient (Wildman–Crippen LogP) is 14.2. The molecule has 1 aliphatic rings. The van der Waals surface area contributed by atoms with Crippen LogP contribution in [-0.2, 0) is 0 Å². The molecule has 0 bridgehead atoms. The largest absolute Gasteiger partial charge is 0.416 e. The van der Waals surface area contributed by atoms with E-state index in [9.17, 15) is 0 Å². The topological polar surface area (TPSA) is 43.9 Å². The van der Waals surface area contributed by atoms with Gasteiger partial charge in [-0.15, -0.1) is 10.2 Å². The lowest BCUT2D eigenvalue weighted by Crippen LogP contribution is -1.99. The number of nitrogens with zero attached hydrogens (tertiary/aromatic N) is 3. The summed E-state index contributed by atoms with van der Waals surface area (Å²) >= 11 is 0. The molecule has 0 radical (unpaired) electrons. The van der Waals surface area contributed by atoms with Gasteiger partial charge in [-0.3, -0.25) is 0 Å². The molecule has 274 valence electrons. The van der Waals surface area contributed by atoms with Crippen molar-refractivity contribution in [1.29, 1.82) is 0 Å². The highest BCUT2D eigenvalue weighted by atomic mass is 16.4. The second kappa shape index (κ2) is 14.2. The second-order valence-electron chi connectivity index (χ2n) is 14.9. The summed E-state index contributed by atoms with van der Waals surface area (Å²) in [6, 6.07) is 66.9. The van der Waals surface area contributed by atoms with Gasteiger partial charge in [-0.2, -0.15) is 0 Å². The van der Waals surface area contributed by atoms with Crippen LogP contribution in [0.25, 0.3) is 94.6 Å². The fourth-order valence-electron chi connectivity index (χ4n) is 8.59. The van der Waals surface area contributed by atoms with E-state index in [0.717, 1.165) is 40.8 Å². The highest BCUT2D eigenvalue weighted by Crippen LogP contribution is 2.41. The smallest absolute Gasteiger partial charge is 0.248 e. The molecule has 2 aromatic heterocycles. The molecule has 58 heavy (non-hydrogen) atoms. The maximum atomic E-state index is 6.22. The zero-order chi connectivity index (χ0) is 38.4. The quantitative estimate of drug-likeness (QED) is 0.163. The van der Waals surface area contributed by atoms with E-state index in [-0.39, 0.29) is 0 Å². The monoisotopic (exact) mass is 743 g/mol. The van der Waals surface area contributed by atoms with Gasteiger partial charge < -0.3 is 8.98 Å². The number of para-hydroxylation sites is 2. The zero-order valence-electron chi connectivity index (χ0n) is 31.7. The number of benzene rings is 8. The fourth-order valence-corrected chi connectivity index (χ4v) is 8.59. The van der Waals surface area contributed by atoms with Crippen LogP contribution in [0.4, 0.5) is 0 Å². The molecule has 0 unspecified atom stereocenters. The number of aromatic nitrogens is 3. The third-order valence-electron chi connectivity index (χ3n) is 11.5. The number of hydrogen-bond donors (Lipinski definition) is 0. The minimum atomic E-state index is 0.498. The predicted molar refractivity (Wildman–Crippen MR) is 240 cm³/mol. The molecule has 11 rings (SSSR count). The van der Waals surface area contributed by atoms with E-state index in [1.165, 1.54) is 66.0 Å². The molecule has 4 heteroatoms. The molecule has 4 nitrogen and oxygen atoms in total. The van der Waals surface area contributed by atoms with E-state index in [1.54, 1.807) is 0 Å². The molecule has 2 heterocycles. The second-order valence-corrected chi connectivity index (χ2v) is 14.9. The Morgan fingerprint density at radius 2 is 0.879 bits per heavy atom. The first kappa shape index (κ1) is 33.8. The first-order chi connectivity index (χ1) is 28.7. The maximum Gasteiger partial charge on any atom is 0.248 e. The van der Waals surface area contributed by atoms with Crippen molar-refractivity contribution in [2.75, 3.05) is 0 Å². The van der Waals surface area contributed by atoms with E-state index >= 15 is 0 Å². The third kappa shape index (κ3) is 5.94. The highest BCUT2D eigenvalue weighted by molar-refractivity contribution is 6.10. The Morgan fingerprint density at radius 3 is 1.55 bits per heavy atom. The standard InChI is InChI=1S/C54H37N3O/c1-2-12-42-35-43(30-23-36(42)11-1)37-21-26-40(27-22-37)53-55-56-54(58-53)41-28-24-38(25-29-41)45-13-3-5-15-47(45)48-16-6-4-14-46(48)39-31-33-44(34-32-39)57-51-19-9-7-17-49(51)50-18-8-10-20-52(50)57/h1-3,5,7-35H,4,6H2. The molecular weight excluding hydrogens is 707 g/mol. The van der Waals surface area contributed by atoms with Gasteiger partial charge in [0.1, 0.15) is 0 Å². The minimum Gasteiger partial charge on any atom is -0.416 e. The first-order valence-corrected chi connectivity index (χ1v) is 19.9. The Bertz CT molecular complexity index is 3150. The molecular formula is C54H37N3O. The molecule has 0 N–H and O–H groups in total. The van der Waals surface area contributed by atoms with Gasteiger partial charge in [0.25, 0.3) is 0 Å². The Hall–Kier alpha value is -7.56. The van der Waals surface area contributed by atoms with E-state index in [2.05, 4.69) is 203 Å². The summed E-state index contributed by atoms with van der Waals surface area (Å²) in [6.07, 6.45) is 6.83. The summed E-state index contributed by atoms with van der Waals surface area (Å²) in [7, 11) is 0. The van der Waals surface area contributed by atoms with Crippen LogP contribution in [0.2, 0.25) is 0 Å². The molecule has 0 spiro atoms. The van der Waals surface area contributed by atoms with E-state index in [4.69, 9.17) is 4.42 Å². The lowest BCUT2D eigenvalue weighted by molar-refractivity contribution is 0.584. The Balaban J connectivity index is 0.848. The summed E-state index contributed by atoms with van der Waals surface area (Å²) in [4.78, 5) is 0. The molecule has 8 aromatic carbocycles. The van der Waals surface area contributed by atoms with Crippen LogP contribution in [-0.4, -0.2) is 14.8 Å². The molecule has 1 aliphatic carbocycles.